The van der Waals surface area contributed by atoms with Crippen molar-refractivity contribution < 1.29 is 13.2 Å². The summed E-state index contributed by atoms with van der Waals surface area (Å²) in [7, 11) is -3.34. The van der Waals surface area contributed by atoms with Crippen LogP contribution in [0.25, 0.3) is 0 Å². The number of hydrogen-bond acceptors (Lipinski definition) is 6. The minimum Gasteiger partial charge on any atom is -0.491 e. The van der Waals surface area contributed by atoms with Gasteiger partial charge in [-0.15, -0.1) is 10.2 Å². The van der Waals surface area contributed by atoms with E-state index in [4.69, 9.17) is 4.74 Å². The van der Waals surface area contributed by atoms with Crippen molar-refractivity contribution in [1.29, 1.82) is 0 Å². The highest BCUT2D eigenvalue weighted by atomic mass is 32.2. The Hall–Kier alpha value is -1.97. The molecule has 0 aliphatic carbocycles. The van der Waals surface area contributed by atoms with Crippen LogP contribution in [0, 0.1) is 5.92 Å². The number of ether oxygens (including phenoxy) is 1. The van der Waals surface area contributed by atoms with E-state index in [1.807, 2.05) is 39.8 Å². The molecule has 2 aromatic rings. The molecule has 1 aliphatic heterocycles. The summed E-state index contributed by atoms with van der Waals surface area (Å²) < 4.78 is 34.2. The smallest absolute Gasteiger partial charge is 0.209 e. The van der Waals surface area contributed by atoms with Crippen molar-refractivity contribution in [3.63, 3.8) is 0 Å². The molecule has 0 bridgehead atoms. The average Bonchev–Trinajstić information content (AvgIpc) is 2.94. The van der Waals surface area contributed by atoms with Gasteiger partial charge in [0.25, 0.3) is 0 Å². The number of benzene rings is 1. The Morgan fingerprint density at radius 2 is 1.77 bits per heavy atom. The third kappa shape index (κ3) is 6.02. The zero-order chi connectivity index (χ0) is 21.9. The van der Waals surface area contributed by atoms with E-state index in [9.17, 15) is 8.42 Å². The molecule has 3 rings (SSSR count). The number of rotatable bonds is 8. The van der Waals surface area contributed by atoms with E-state index >= 15 is 0 Å². The molecular formula is C21H33N5O3S. The Bertz CT molecular complexity index is 938. The van der Waals surface area contributed by atoms with E-state index < -0.39 is 10.0 Å². The molecule has 1 aromatic heterocycles. The predicted molar refractivity (Wildman–Crippen MR) is 117 cm³/mol. The Labute approximate surface area is 179 Å². The molecule has 30 heavy (non-hydrogen) atoms. The Morgan fingerprint density at radius 3 is 2.37 bits per heavy atom. The summed E-state index contributed by atoms with van der Waals surface area (Å²) in [5, 5.41) is 8.71. The van der Waals surface area contributed by atoms with E-state index in [1.54, 1.807) is 0 Å². The van der Waals surface area contributed by atoms with Crippen LogP contribution >= 0.6 is 0 Å². The first-order chi connectivity index (χ1) is 14.1. The quantitative estimate of drug-likeness (QED) is 0.685. The number of hydrogen-bond donors (Lipinski definition) is 1. The normalized spacial score (nSPS) is 16.5. The SMILES string of the molecule is CC(C)Oc1ccc(CN2CCc3nnc([C@@H](NS(C)(=O)=O)C(C)C)n3CC2)cc1. The maximum Gasteiger partial charge on any atom is 0.209 e. The standard InChI is InChI=1S/C21H33N5O3S/c1-15(2)20(24-30(5,27)28)21-23-22-19-10-11-25(12-13-26(19)21)14-17-6-8-18(9-7-17)29-16(3)4/h6-9,15-16,20,24H,10-14H2,1-5H3/t20-/m0/s1. The van der Waals surface area contributed by atoms with Gasteiger partial charge in [0.1, 0.15) is 11.6 Å². The summed E-state index contributed by atoms with van der Waals surface area (Å²) in [6.45, 7) is 11.3. The lowest BCUT2D eigenvalue weighted by atomic mass is 10.1. The van der Waals surface area contributed by atoms with Gasteiger partial charge in [-0.1, -0.05) is 26.0 Å². The first-order valence-electron chi connectivity index (χ1n) is 10.5. The molecule has 0 spiro atoms. The summed E-state index contributed by atoms with van der Waals surface area (Å²) in [6.07, 6.45) is 2.13. The van der Waals surface area contributed by atoms with Crippen LogP contribution in [0.15, 0.2) is 24.3 Å². The van der Waals surface area contributed by atoms with Crippen molar-refractivity contribution >= 4 is 10.0 Å². The van der Waals surface area contributed by atoms with Gasteiger partial charge < -0.3 is 9.30 Å². The van der Waals surface area contributed by atoms with Gasteiger partial charge in [-0.3, -0.25) is 4.90 Å². The largest absolute Gasteiger partial charge is 0.491 e. The molecule has 8 nitrogen and oxygen atoms in total. The first kappa shape index (κ1) is 22.7. The molecule has 0 radical (unpaired) electrons. The van der Waals surface area contributed by atoms with Crippen molar-refractivity contribution in [1.82, 2.24) is 24.4 Å². The van der Waals surface area contributed by atoms with Gasteiger partial charge in [0, 0.05) is 32.6 Å². The van der Waals surface area contributed by atoms with E-state index in [2.05, 4.69) is 36.5 Å². The summed E-state index contributed by atoms with van der Waals surface area (Å²) in [5.41, 5.74) is 1.24. The molecule has 0 saturated heterocycles. The average molecular weight is 436 g/mol. The molecule has 0 amide bonds. The van der Waals surface area contributed by atoms with Crippen LogP contribution in [-0.2, 0) is 29.5 Å². The molecule has 1 N–H and O–H groups in total. The summed E-state index contributed by atoms with van der Waals surface area (Å²) in [6, 6.07) is 7.87. The van der Waals surface area contributed by atoms with E-state index in [0.717, 1.165) is 44.2 Å². The molecular weight excluding hydrogens is 402 g/mol. The first-order valence-corrected chi connectivity index (χ1v) is 12.4. The van der Waals surface area contributed by atoms with Crippen molar-refractivity contribution in [3.8, 4) is 5.75 Å². The monoisotopic (exact) mass is 435 g/mol. The maximum atomic E-state index is 11.8. The minimum atomic E-state index is -3.34. The van der Waals surface area contributed by atoms with Gasteiger partial charge in [-0.25, -0.2) is 13.1 Å². The summed E-state index contributed by atoms with van der Waals surface area (Å²) in [4.78, 5) is 2.39. The van der Waals surface area contributed by atoms with Crippen LogP contribution in [0.4, 0.5) is 0 Å². The summed E-state index contributed by atoms with van der Waals surface area (Å²) in [5.74, 6) is 2.56. The molecule has 166 valence electrons. The van der Waals surface area contributed by atoms with E-state index in [0.29, 0.717) is 5.82 Å². The molecule has 1 aromatic carbocycles. The Balaban J connectivity index is 1.68. The van der Waals surface area contributed by atoms with Gasteiger partial charge in [-0.2, -0.15) is 0 Å². The summed E-state index contributed by atoms with van der Waals surface area (Å²) >= 11 is 0. The van der Waals surface area contributed by atoms with Crippen LogP contribution in [0.3, 0.4) is 0 Å². The van der Waals surface area contributed by atoms with Crippen molar-refractivity contribution in [2.24, 2.45) is 5.92 Å². The van der Waals surface area contributed by atoms with Gasteiger partial charge in [0.2, 0.25) is 10.0 Å². The van der Waals surface area contributed by atoms with Crippen LogP contribution in [0.2, 0.25) is 0 Å². The fourth-order valence-electron chi connectivity index (χ4n) is 3.70. The lowest BCUT2D eigenvalue weighted by Crippen LogP contribution is -2.33. The third-order valence-electron chi connectivity index (χ3n) is 5.13. The highest BCUT2D eigenvalue weighted by Gasteiger charge is 2.28. The second-order valence-electron chi connectivity index (χ2n) is 8.57. The van der Waals surface area contributed by atoms with Crippen molar-refractivity contribution in [3.05, 3.63) is 41.5 Å². The molecule has 0 unspecified atom stereocenters. The zero-order valence-corrected chi connectivity index (χ0v) is 19.3. The molecule has 2 heterocycles. The number of nitrogens with one attached hydrogen (secondary N) is 1. The van der Waals surface area contributed by atoms with Crippen molar-refractivity contribution in [2.45, 2.75) is 59.4 Å². The molecule has 1 aliphatic rings. The fraction of sp³-hybridized carbons (Fsp3) is 0.619. The molecule has 0 saturated carbocycles. The number of aromatic nitrogens is 3. The van der Waals surface area contributed by atoms with Crippen molar-refractivity contribution in [2.75, 3.05) is 19.3 Å². The molecule has 9 heteroatoms. The Kier molecular flexibility index (Phi) is 7.15. The van der Waals surface area contributed by atoms with Gasteiger partial charge in [0.15, 0.2) is 5.82 Å². The number of fused-ring (bicyclic) bond motifs is 1. The number of sulfonamides is 1. The lowest BCUT2D eigenvalue weighted by molar-refractivity contribution is 0.242. The second kappa shape index (κ2) is 9.45. The second-order valence-corrected chi connectivity index (χ2v) is 10.4. The van der Waals surface area contributed by atoms with Crippen LogP contribution in [0.5, 0.6) is 5.75 Å². The topological polar surface area (TPSA) is 89.3 Å². The van der Waals surface area contributed by atoms with Crippen LogP contribution in [-0.4, -0.2) is 53.5 Å². The third-order valence-corrected chi connectivity index (χ3v) is 5.82. The molecule has 0 fully saturated rings. The minimum absolute atomic E-state index is 0.0685. The van der Waals surface area contributed by atoms with Gasteiger partial charge in [0.05, 0.1) is 18.4 Å². The van der Waals surface area contributed by atoms with E-state index in [1.165, 1.54) is 11.8 Å². The van der Waals surface area contributed by atoms with Gasteiger partial charge in [-0.05, 0) is 37.5 Å². The van der Waals surface area contributed by atoms with Crippen LogP contribution in [0.1, 0.15) is 50.9 Å². The van der Waals surface area contributed by atoms with E-state index in [-0.39, 0.29) is 18.1 Å². The number of nitrogens with zero attached hydrogens (tertiary/aromatic N) is 4. The highest BCUT2D eigenvalue weighted by molar-refractivity contribution is 7.88. The molecule has 1 atom stereocenters. The fourth-order valence-corrected chi connectivity index (χ4v) is 4.54. The highest BCUT2D eigenvalue weighted by Crippen LogP contribution is 2.23. The Morgan fingerprint density at radius 1 is 1.07 bits per heavy atom. The zero-order valence-electron chi connectivity index (χ0n) is 18.5. The van der Waals surface area contributed by atoms with Gasteiger partial charge >= 0.3 is 0 Å². The predicted octanol–water partition coefficient (Wildman–Crippen LogP) is 2.37. The maximum absolute atomic E-state index is 11.8. The lowest BCUT2D eigenvalue weighted by Gasteiger charge is -2.22. The van der Waals surface area contributed by atoms with Crippen LogP contribution < -0.4 is 9.46 Å².